The van der Waals surface area contributed by atoms with E-state index in [-0.39, 0.29) is 49.1 Å². The zero-order chi connectivity index (χ0) is 36.4. The van der Waals surface area contributed by atoms with E-state index in [0.29, 0.717) is 12.8 Å². The first-order chi connectivity index (χ1) is 23.6. The van der Waals surface area contributed by atoms with Gasteiger partial charge in [-0.25, -0.2) is 0 Å². The Bertz CT molecular complexity index is 990. The number of ether oxygens (including phenoxy) is 3. The number of hydrogen-bond donors (Lipinski definition) is 0. The van der Waals surface area contributed by atoms with E-state index in [1.54, 1.807) is 21.1 Å². The summed E-state index contributed by atoms with van der Waals surface area (Å²) in [5.74, 6) is -1.81. The molecule has 0 aromatic rings. The van der Waals surface area contributed by atoms with Crippen molar-refractivity contribution in [2.75, 3.05) is 41.0 Å². The molecule has 0 aliphatic rings. The molecule has 0 aliphatic carbocycles. The first kappa shape index (κ1) is 46.0. The molecule has 0 radical (unpaired) electrons. The Balaban J connectivity index is 4.43. The van der Waals surface area contributed by atoms with Crippen LogP contribution in [0.5, 0.6) is 0 Å². The van der Waals surface area contributed by atoms with Crippen LogP contribution in [0.2, 0.25) is 0 Å². The van der Waals surface area contributed by atoms with Crippen LogP contribution in [0.15, 0.2) is 60.8 Å². The molecule has 49 heavy (non-hydrogen) atoms. The third-order valence-corrected chi connectivity index (χ3v) is 7.90. The summed E-state index contributed by atoms with van der Waals surface area (Å²) in [6.07, 6.45) is 36.9. The van der Waals surface area contributed by atoms with Gasteiger partial charge in [0.05, 0.1) is 40.3 Å². The van der Waals surface area contributed by atoms with Crippen LogP contribution in [0.1, 0.15) is 129 Å². The van der Waals surface area contributed by atoms with Crippen molar-refractivity contribution < 1.29 is 38.2 Å². The van der Waals surface area contributed by atoms with Gasteiger partial charge in [0.25, 0.3) is 0 Å². The molecule has 280 valence electrons. The number of likely N-dealkylation sites (N-methyl/N-ethyl adjacent to an activating group) is 1. The zero-order valence-corrected chi connectivity index (χ0v) is 31.6. The highest BCUT2D eigenvalue weighted by Gasteiger charge is 2.25. The molecule has 0 aromatic carbocycles. The lowest BCUT2D eigenvalue weighted by Crippen LogP contribution is -2.55. The molecule has 0 fully saturated rings. The molecule has 0 N–H and O–H groups in total. The van der Waals surface area contributed by atoms with Gasteiger partial charge in [0.1, 0.15) is 12.6 Å². The summed E-state index contributed by atoms with van der Waals surface area (Å²) in [4.78, 5) is 36.6. The molecule has 0 saturated carbocycles. The maximum absolute atomic E-state index is 12.6. The SMILES string of the molecule is CC/C=C/C/C=C/C/C=C/CCCCCCCCC(=O)OCC(COCCC(C(=O)[O-])[N+](C)(C)C)OC(=O)CCCC/C=C/C/C=C/CC. The van der Waals surface area contributed by atoms with Crippen LogP contribution in [-0.4, -0.2) is 75.5 Å². The zero-order valence-electron chi connectivity index (χ0n) is 31.6. The van der Waals surface area contributed by atoms with Gasteiger partial charge in [-0.05, 0) is 70.6 Å². The monoisotopic (exact) mass is 688 g/mol. The minimum absolute atomic E-state index is 0.0203. The molecule has 0 aromatic heterocycles. The molecule has 0 aliphatic heterocycles. The summed E-state index contributed by atoms with van der Waals surface area (Å²) in [6, 6.07) is -0.733. The number of carboxylic acids is 1. The highest BCUT2D eigenvalue weighted by atomic mass is 16.6. The number of rotatable bonds is 32. The van der Waals surface area contributed by atoms with Crippen molar-refractivity contribution in [3.05, 3.63) is 60.8 Å². The summed E-state index contributed by atoms with van der Waals surface area (Å²) in [6.45, 7) is 4.34. The number of allylic oxidation sites excluding steroid dienone is 10. The lowest BCUT2D eigenvalue weighted by molar-refractivity contribution is -0.889. The van der Waals surface area contributed by atoms with Crippen LogP contribution < -0.4 is 5.11 Å². The molecular formula is C41H69NO7. The summed E-state index contributed by atoms with van der Waals surface area (Å²) in [5.41, 5.74) is 0. The van der Waals surface area contributed by atoms with Gasteiger partial charge in [-0.1, -0.05) is 100 Å². The molecule has 0 saturated heterocycles. The van der Waals surface area contributed by atoms with Crippen molar-refractivity contribution in [3.8, 4) is 0 Å². The van der Waals surface area contributed by atoms with Crippen LogP contribution in [0.25, 0.3) is 0 Å². The van der Waals surface area contributed by atoms with Gasteiger partial charge >= 0.3 is 11.9 Å². The Labute approximate surface area is 298 Å². The number of carbonyl (C=O) groups excluding carboxylic acids is 3. The fourth-order valence-electron chi connectivity index (χ4n) is 5.00. The minimum atomic E-state index is -1.14. The summed E-state index contributed by atoms with van der Waals surface area (Å²) in [5, 5.41) is 11.6. The van der Waals surface area contributed by atoms with Gasteiger partial charge in [0, 0.05) is 19.3 Å². The molecule has 0 spiro atoms. The number of nitrogens with zero attached hydrogens (tertiary/aromatic N) is 1. The third-order valence-electron chi connectivity index (χ3n) is 7.90. The Morgan fingerprint density at radius 3 is 1.63 bits per heavy atom. The van der Waals surface area contributed by atoms with E-state index in [2.05, 4.69) is 74.6 Å². The number of carboxylic acid groups (broad SMARTS) is 1. The van der Waals surface area contributed by atoms with Crippen molar-refractivity contribution in [2.24, 2.45) is 0 Å². The van der Waals surface area contributed by atoms with E-state index >= 15 is 0 Å². The van der Waals surface area contributed by atoms with Crippen molar-refractivity contribution in [2.45, 2.75) is 142 Å². The van der Waals surface area contributed by atoms with E-state index in [1.807, 2.05) is 0 Å². The summed E-state index contributed by atoms with van der Waals surface area (Å²) >= 11 is 0. The van der Waals surface area contributed by atoms with Crippen molar-refractivity contribution in [1.82, 2.24) is 0 Å². The number of carbonyl (C=O) groups is 3. The highest BCUT2D eigenvalue weighted by Crippen LogP contribution is 2.12. The first-order valence-electron chi connectivity index (χ1n) is 18.8. The van der Waals surface area contributed by atoms with Crippen molar-refractivity contribution in [3.63, 3.8) is 0 Å². The first-order valence-corrected chi connectivity index (χ1v) is 18.8. The van der Waals surface area contributed by atoms with E-state index in [4.69, 9.17) is 14.2 Å². The average molecular weight is 688 g/mol. The van der Waals surface area contributed by atoms with Crippen molar-refractivity contribution >= 4 is 17.9 Å². The standard InChI is InChI=1S/C41H69NO7/c1-6-8-10-12-14-16-17-18-19-20-21-22-24-25-27-29-31-39(43)48-36-37(35-47-34-33-38(41(45)46)42(3,4)5)49-40(44)32-30-28-26-23-15-13-11-9-7-2/h8-11,14-16,18-19,23,37-38H,6-7,12-13,17,20-22,24-36H2,1-5H3/b10-8+,11-9+,16-14+,19-18+,23-15+. The van der Waals surface area contributed by atoms with Gasteiger partial charge < -0.3 is 28.6 Å². The van der Waals surface area contributed by atoms with Gasteiger partial charge in [0.15, 0.2) is 6.10 Å². The number of unbranched alkanes of at least 4 members (excludes halogenated alkanes) is 8. The second-order valence-corrected chi connectivity index (χ2v) is 13.4. The number of aliphatic carboxylic acids is 1. The molecule has 8 nitrogen and oxygen atoms in total. The highest BCUT2D eigenvalue weighted by molar-refractivity contribution is 5.70. The van der Waals surface area contributed by atoms with Crippen LogP contribution in [0.4, 0.5) is 0 Å². The summed E-state index contributed by atoms with van der Waals surface area (Å²) in [7, 11) is 5.37. The lowest BCUT2D eigenvalue weighted by Gasteiger charge is -2.34. The number of quaternary nitrogens is 1. The van der Waals surface area contributed by atoms with Gasteiger partial charge in [-0.15, -0.1) is 0 Å². The molecule has 0 amide bonds. The smallest absolute Gasteiger partial charge is 0.306 e. The second-order valence-electron chi connectivity index (χ2n) is 13.4. The fourth-order valence-corrected chi connectivity index (χ4v) is 5.00. The molecule has 0 rings (SSSR count). The minimum Gasteiger partial charge on any atom is -0.544 e. The van der Waals surface area contributed by atoms with Crippen molar-refractivity contribution in [1.29, 1.82) is 0 Å². The Hall–Kier alpha value is -2.97. The van der Waals surface area contributed by atoms with Crippen LogP contribution in [0, 0.1) is 0 Å². The Morgan fingerprint density at radius 1 is 0.612 bits per heavy atom. The van der Waals surface area contributed by atoms with E-state index in [0.717, 1.165) is 77.0 Å². The topological polar surface area (TPSA) is 102 Å². The maximum Gasteiger partial charge on any atom is 0.306 e. The van der Waals surface area contributed by atoms with Crippen LogP contribution >= 0.6 is 0 Å². The van der Waals surface area contributed by atoms with Gasteiger partial charge in [-0.3, -0.25) is 9.59 Å². The number of esters is 2. The normalized spacial score (nSPS) is 13.7. The van der Waals surface area contributed by atoms with E-state index < -0.39 is 18.1 Å². The Kier molecular flexibility index (Phi) is 30.3. The quantitative estimate of drug-likeness (QED) is 0.0305. The van der Waals surface area contributed by atoms with E-state index in [1.165, 1.54) is 12.8 Å². The molecule has 0 heterocycles. The summed E-state index contributed by atoms with van der Waals surface area (Å²) < 4.78 is 17.0. The van der Waals surface area contributed by atoms with Crippen LogP contribution in [-0.2, 0) is 28.6 Å². The predicted octanol–water partition coefficient (Wildman–Crippen LogP) is 8.13. The van der Waals surface area contributed by atoms with E-state index in [9.17, 15) is 19.5 Å². The second kappa shape index (κ2) is 32.2. The lowest BCUT2D eigenvalue weighted by atomic mass is 10.1. The third kappa shape index (κ3) is 30.8. The Morgan fingerprint density at radius 2 is 1.08 bits per heavy atom. The molecule has 2 atom stereocenters. The molecule has 0 bridgehead atoms. The van der Waals surface area contributed by atoms with Gasteiger partial charge in [-0.2, -0.15) is 0 Å². The predicted molar refractivity (Wildman–Crippen MR) is 199 cm³/mol. The largest absolute Gasteiger partial charge is 0.544 e. The maximum atomic E-state index is 12.6. The number of hydrogen-bond acceptors (Lipinski definition) is 7. The van der Waals surface area contributed by atoms with Crippen LogP contribution in [0.3, 0.4) is 0 Å². The molecule has 8 heteroatoms. The fraction of sp³-hybridized carbons (Fsp3) is 0.683. The molecule has 2 unspecified atom stereocenters. The van der Waals surface area contributed by atoms with Gasteiger partial charge in [0.2, 0.25) is 0 Å². The average Bonchev–Trinajstić information content (AvgIpc) is 3.05. The molecular weight excluding hydrogens is 618 g/mol.